The smallest absolute Gasteiger partial charge is 0.260 e. The van der Waals surface area contributed by atoms with Crippen LogP contribution >= 0.6 is 11.6 Å². The van der Waals surface area contributed by atoms with E-state index in [9.17, 15) is 4.79 Å². The largest absolute Gasteiger partial charge is 0.484 e. The van der Waals surface area contributed by atoms with Gasteiger partial charge in [0.05, 0.1) is 18.1 Å². The molecule has 0 unspecified atom stereocenters. The maximum Gasteiger partial charge on any atom is 0.260 e. The summed E-state index contributed by atoms with van der Waals surface area (Å²) < 4.78 is 11.3. The van der Waals surface area contributed by atoms with Crippen LogP contribution in [0.5, 0.6) is 11.6 Å². The van der Waals surface area contributed by atoms with Crippen molar-refractivity contribution < 1.29 is 14.3 Å². The number of carbonyl (C=O) groups is 1. The van der Waals surface area contributed by atoms with Gasteiger partial charge in [0.25, 0.3) is 5.91 Å². The predicted molar refractivity (Wildman–Crippen MR) is 99.7 cm³/mol. The summed E-state index contributed by atoms with van der Waals surface area (Å²) in [5.74, 6) is 1.15. The molecule has 0 saturated carbocycles. The van der Waals surface area contributed by atoms with Gasteiger partial charge in [-0.1, -0.05) is 41.9 Å². The Morgan fingerprint density at radius 3 is 2.69 bits per heavy atom. The van der Waals surface area contributed by atoms with E-state index in [0.717, 1.165) is 10.8 Å². The van der Waals surface area contributed by atoms with Crippen molar-refractivity contribution in [3.8, 4) is 11.6 Å². The molecule has 1 saturated heterocycles. The van der Waals surface area contributed by atoms with Gasteiger partial charge in [0.2, 0.25) is 5.88 Å². The summed E-state index contributed by atoms with van der Waals surface area (Å²) in [7, 11) is 0. The number of pyridine rings is 1. The first-order valence-electron chi connectivity index (χ1n) is 8.35. The number of hydrogen-bond acceptors (Lipinski definition) is 4. The molecule has 1 aromatic heterocycles. The van der Waals surface area contributed by atoms with E-state index in [-0.39, 0.29) is 18.6 Å². The number of benzene rings is 2. The van der Waals surface area contributed by atoms with Gasteiger partial charge in [-0.15, -0.1) is 0 Å². The van der Waals surface area contributed by atoms with E-state index in [1.165, 1.54) is 6.20 Å². The molecule has 3 aromatic rings. The van der Waals surface area contributed by atoms with E-state index in [2.05, 4.69) is 4.98 Å². The summed E-state index contributed by atoms with van der Waals surface area (Å²) in [6.45, 7) is 1.08. The van der Waals surface area contributed by atoms with Crippen LogP contribution in [0, 0.1) is 0 Å². The Balaban J connectivity index is 1.26. The van der Waals surface area contributed by atoms with Crippen LogP contribution in [0.15, 0.2) is 60.8 Å². The lowest BCUT2D eigenvalue weighted by atomic mass is 10.1. The van der Waals surface area contributed by atoms with Crippen molar-refractivity contribution in [3.63, 3.8) is 0 Å². The third kappa shape index (κ3) is 3.73. The molecular weight excluding hydrogens is 352 g/mol. The molecule has 0 radical (unpaired) electrons. The van der Waals surface area contributed by atoms with Crippen molar-refractivity contribution in [3.05, 3.63) is 65.8 Å². The number of halogens is 1. The van der Waals surface area contributed by atoms with Gasteiger partial charge in [0.1, 0.15) is 11.9 Å². The van der Waals surface area contributed by atoms with E-state index >= 15 is 0 Å². The van der Waals surface area contributed by atoms with E-state index < -0.39 is 0 Å². The number of fused-ring (bicyclic) bond motifs is 1. The number of hydrogen-bond donors (Lipinski definition) is 0. The minimum Gasteiger partial charge on any atom is -0.484 e. The molecule has 6 heteroatoms. The van der Waals surface area contributed by atoms with E-state index in [1.807, 2.05) is 42.5 Å². The zero-order chi connectivity index (χ0) is 17.9. The molecular formula is C20H17ClN2O3. The molecule has 0 bridgehead atoms. The van der Waals surface area contributed by atoms with Gasteiger partial charge in [0.15, 0.2) is 6.61 Å². The molecule has 0 atom stereocenters. The molecule has 1 amide bonds. The number of rotatable bonds is 5. The molecule has 1 aliphatic rings. The molecule has 1 aliphatic heterocycles. The van der Waals surface area contributed by atoms with Crippen LogP contribution < -0.4 is 9.47 Å². The monoisotopic (exact) mass is 368 g/mol. The number of nitrogens with zero attached hydrogens (tertiary/aromatic N) is 2. The Labute approximate surface area is 156 Å². The topological polar surface area (TPSA) is 51.7 Å². The molecule has 0 spiro atoms. The lowest BCUT2D eigenvalue weighted by Gasteiger charge is -2.38. The van der Waals surface area contributed by atoms with E-state index in [0.29, 0.717) is 29.7 Å². The fraction of sp³-hybridized carbons (Fsp3) is 0.200. The fourth-order valence-electron chi connectivity index (χ4n) is 2.81. The Bertz CT molecular complexity index is 924. The molecule has 0 N–H and O–H groups in total. The van der Waals surface area contributed by atoms with Gasteiger partial charge in [-0.25, -0.2) is 4.98 Å². The summed E-state index contributed by atoms with van der Waals surface area (Å²) in [4.78, 5) is 18.0. The van der Waals surface area contributed by atoms with Crippen LogP contribution in [0.2, 0.25) is 5.02 Å². The van der Waals surface area contributed by atoms with Crippen LogP contribution in [0.25, 0.3) is 10.8 Å². The first-order chi connectivity index (χ1) is 12.7. The van der Waals surface area contributed by atoms with Crippen molar-refractivity contribution in [2.75, 3.05) is 19.7 Å². The Hall–Kier alpha value is -2.79. The molecule has 1 fully saturated rings. The normalized spacial score (nSPS) is 14.1. The van der Waals surface area contributed by atoms with Crippen LogP contribution in [-0.2, 0) is 4.79 Å². The molecule has 26 heavy (non-hydrogen) atoms. The summed E-state index contributed by atoms with van der Waals surface area (Å²) in [6.07, 6.45) is 1.49. The lowest BCUT2D eigenvalue weighted by molar-refractivity contribution is -0.142. The van der Waals surface area contributed by atoms with Crippen molar-refractivity contribution in [1.29, 1.82) is 0 Å². The summed E-state index contributed by atoms with van der Waals surface area (Å²) in [5, 5.41) is 2.80. The predicted octanol–water partition coefficient (Wildman–Crippen LogP) is 3.56. The van der Waals surface area contributed by atoms with E-state index in [4.69, 9.17) is 21.1 Å². The van der Waals surface area contributed by atoms with Crippen LogP contribution in [0.4, 0.5) is 0 Å². The second-order valence-corrected chi connectivity index (χ2v) is 6.59. The minimum atomic E-state index is -0.0536. The Morgan fingerprint density at radius 1 is 1.12 bits per heavy atom. The van der Waals surface area contributed by atoms with Gasteiger partial charge >= 0.3 is 0 Å². The summed E-state index contributed by atoms with van der Waals surface area (Å²) in [5.41, 5.74) is 0. The standard InChI is InChI=1S/C20H17ClN2O3/c21-16-6-8-19(22-10-16)26-18-11-23(12-18)20(24)13-25-17-7-5-14-3-1-2-4-15(14)9-17/h1-10,18H,11-13H2. The molecule has 2 aromatic carbocycles. The van der Waals surface area contributed by atoms with Gasteiger partial charge in [-0.05, 0) is 29.0 Å². The third-order valence-electron chi connectivity index (χ3n) is 4.27. The van der Waals surface area contributed by atoms with Gasteiger partial charge in [-0.3, -0.25) is 4.79 Å². The molecule has 0 aliphatic carbocycles. The SMILES string of the molecule is O=C(COc1ccc2ccccc2c1)N1CC(Oc2ccc(Cl)cn2)C1. The highest BCUT2D eigenvalue weighted by Gasteiger charge is 2.32. The highest BCUT2D eigenvalue weighted by molar-refractivity contribution is 6.30. The lowest BCUT2D eigenvalue weighted by Crippen LogP contribution is -2.57. The van der Waals surface area contributed by atoms with Gasteiger partial charge in [-0.2, -0.15) is 0 Å². The second kappa shape index (κ2) is 7.22. The minimum absolute atomic E-state index is 0.0181. The van der Waals surface area contributed by atoms with Crippen molar-refractivity contribution in [2.24, 2.45) is 0 Å². The first kappa shape index (κ1) is 16.7. The Morgan fingerprint density at radius 2 is 1.92 bits per heavy atom. The fourth-order valence-corrected chi connectivity index (χ4v) is 2.92. The first-order valence-corrected chi connectivity index (χ1v) is 8.73. The maximum atomic E-state index is 12.2. The zero-order valence-electron chi connectivity index (χ0n) is 14.0. The highest BCUT2D eigenvalue weighted by atomic mass is 35.5. The number of likely N-dealkylation sites (tertiary alicyclic amines) is 1. The third-order valence-corrected chi connectivity index (χ3v) is 4.50. The Kier molecular flexibility index (Phi) is 4.63. The van der Waals surface area contributed by atoms with Crippen molar-refractivity contribution in [2.45, 2.75) is 6.10 Å². The van der Waals surface area contributed by atoms with Gasteiger partial charge in [0, 0.05) is 12.3 Å². The number of carbonyl (C=O) groups excluding carboxylic acids is 1. The second-order valence-electron chi connectivity index (χ2n) is 6.15. The quantitative estimate of drug-likeness (QED) is 0.691. The van der Waals surface area contributed by atoms with Crippen LogP contribution in [-0.4, -0.2) is 41.6 Å². The average Bonchev–Trinajstić information content (AvgIpc) is 2.63. The average molecular weight is 369 g/mol. The number of ether oxygens (including phenoxy) is 2. The maximum absolute atomic E-state index is 12.2. The molecule has 132 valence electrons. The van der Waals surface area contributed by atoms with E-state index in [1.54, 1.807) is 17.0 Å². The summed E-state index contributed by atoms with van der Waals surface area (Å²) >= 11 is 5.79. The summed E-state index contributed by atoms with van der Waals surface area (Å²) in [6, 6.07) is 17.3. The molecule has 5 nitrogen and oxygen atoms in total. The molecule has 2 heterocycles. The highest BCUT2D eigenvalue weighted by Crippen LogP contribution is 2.21. The van der Waals surface area contributed by atoms with Crippen molar-refractivity contribution in [1.82, 2.24) is 9.88 Å². The van der Waals surface area contributed by atoms with Crippen molar-refractivity contribution >= 4 is 28.3 Å². The molecule has 4 rings (SSSR count). The number of amides is 1. The van der Waals surface area contributed by atoms with Crippen LogP contribution in [0.1, 0.15) is 0 Å². The van der Waals surface area contributed by atoms with Crippen LogP contribution in [0.3, 0.4) is 0 Å². The zero-order valence-corrected chi connectivity index (χ0v) is 14.7. The van der Waals surface area contributed by atoms with Gasteiger partial charge < -0.3 is 14.4 Å². The number of aromatic nitrogens is 1.